The predicted molar refractivity (Wildman–Crippen MR) is 138 cm³/mol. The molecule has 0 spiro atoms. The number of benzene rings is 2. The third-order valence-electron chi connectivity index (χ3n) is 6.07. The Morgan fingerprint density at radius 2 is 1.60 bits per heavy atom. The van der Waals surface area contributed by atoms with Crippen molar-refractivity contribution in [2.45, 2.75) is 34.6 Å². The van der Waals surface area contributed by atoms with E-state index in [0.29, 0.717) is 23.6 Å². The minimum Gasteiger partial charge on any atom is -0.494 e. The molecule has 0 atom stereocenters. The molecule has 6 nitrogen and oxygen atoms in total. The molecule has 0 saturated carbocycles. The Balaban J connectivity index is 1.80. The molecule has 0 fully saturated rings. The number of amides is 1. The van der Waals surface area contributed by atoms with Gasteiger partial charge >= 0.3 is 5.97 Å². The van der Waals surface area contributed by atoms with Crippen LogP contribution in [0.3, 0.4) is 0 Å². The van der Waals surface area contributed by atoms with Crippen LogP contribution >= 0.6 is 0 Å². The van der Waals surface area contributed by atoms with Crippen LogP contribution in [-0.4, -0.2) is 29.7 Å². The number of aromatic nitrogens is 1. The number of carbonyl (C=O) groups is 2. The van der Waals surface area contributed by atoms with Crippen LogP contribution in [0.15, 0.2) is 77.5 Å². The number of aryl methyl sites for hydroxylation is 1. The second kappa shape index (κ2) is 10.1. The van der Waals surface area contributed by atoms with Gasteiger partial charge in [0.05, 0.1) is 24.4 Å². The van der Waals surface area contributed by atoms with E-state index < -0.39 is 5.97 Å². The van der Waals surface area contributed by atoms with Crippen LogP contribution in [0.2, 0.25) is 0 Å². The minimum absolute atomic E-state index is 0.225. The maximum absolute atomic E-state index is 13.7. The lowest BCUT2D eigenvalue weighted by atomic mass is 10.0. The lowest BCUT2D eigenvalue weighted by Crippen LogP contribution is -2.24. The van der Waals surface area contributed by atoms with Gasteiger partial charge in [-0.3, -0.25) is 9.69 Å². The Labute approximate surface area is 206 Å². The number of hydrogen-bond donors (Lipinski definition) is 0. The summed E-state index contributed by atoms with van der Waals surface area (Å²) in [5.74, 6) is -0.0478. The molecule has 0 N–H and O–H groups in total. The summed E-state index contributed by atoms with van der Waals surface area (Å²) in [7, 11) is 0. The maximum atomic E-state index is 13.7. The van der Waals surface area contributed by atoms with E-state index in [0.717, 1.165) is 28.4 Å². The van der Waals surface area contributed by atoms with Gasteiger partial charge in [0.1, 0.15) is 5.75 Å². The third kappa shape index (κ3) is 4.52. The van der Waals surface area contributed by atoms with Gasteiger partial charge in [0, 0.05) is 28.5 Å². The topological polar surface area (TPSA) is 60.8 Å². The van der Waals surface area contributed by atoms with Gasteiger partial charge < -0.3 is 14.0 Å². The second-order valence-electron chi connectivity index (χ2n) is 8.30. The quantitative estimate of drug-likeness (QED) is 0.325. The maximum Gasteiger partial charge on any atom is 0.340 e. The highest BCUT2D eigenvalue weighted by Gasteiger charge is 2.38. The number of rotatable bonds is 7. The van der Waals surface area contributed by atoms with Crippen molar-refractivity contribution in [1.82, 2.24) is 4.57 Å². The fourth-order valence-electron chi connectivity index (χ4n) is 4.51. The molecule has 3 aromatic rings. The summed E-state index contributed by atoms with van der Waals surface area (Å²) in [5.41, 5.74) is 5.74. The smallest absolute Gasteiger partial charge is 0.340 e. The SMILES string of the molecule is CCOC(=O)C1=C(C)N(c2ccc(OCC)cc2)C(=O)C1=Cc1cc(C)n(-c2ccccc2)c1C. The van der Waals surface area contributed by atoms with E-state index in [1.165, 1.54) is 0 Å². The molecule has 6 heteroatoms. The number of para-hydroxylation sites is 1. The Morgan fingerprint density at radius 3 is 2.23 bits per heavy atom. The van der Waals surface area contributed by atoms with Crippen molar-refractivity contribution in [3.63, 3.8) is 0 Å². The minimum atomic E-state index is -0.505. The average Bonchev–Trinajstić information content (AvgIpc) is 3.26. The van der Waals surface area contributed by atoms with Gasteiger partial charge in [-0.2, -0.15) is 0 Å². The number of nitrogens with zero attached hydrogens (tertiary/aromatic N) is 2. The van der Waals surface area contributed by atoms with Crippen LogP contribution in [0, 0.1) is 13.8 Å². The van der Waals surface area contributed by atoms with Crippen molar-refractivity contribution >= 4 is 23.6 Å². The van der Waals surface area contributed by atoms with Crippen LogP contribution in [-0.2, 0) is 14.3 Å². The number of allylic oxidation sites excluding steroid dienone is 1. The highest BCUT2D eigenvalue weighted by Crippen LogP contribution is 2.37. The zero-order chi connectivity index (χ0) is 25.1. The summed E-state index contributed by atoms with van der Waals surface area (Å²) < 4.78 is 13.0. The lowest BCUT2D eigenvalue weighted by molar-refractivity contribution is -0.138. The van der Waals surface area contributed by atoms with Crippen LogP contribution in [0.5, 0.6) is 5.75 Å². The second-order valence-corrected chi connectivity index (χ2v) is 8.30. The first-order valence-corrected chi connectivity index (χ1v) is 11.8. The molecule has 180 valence electrons. The van der Waals surface area contributed by atoms with Crippen molar-refractivity contribution in [1.29, 1.82) is 0 Å². The number of esters is 1. The van der Waals surface area contributed by atoms with E-state index in [1.807, 2.05) is 81.4 Å². The van der Waals surface area contributed by atoms with Crippen LogP contribution < -0.4 is 9.64 Å². The normalized spacial score (nSPS) is 14.7. The van der Waals surface area contributed by atoms with Gasteiger partial charge in [-0.05, 0) is 88.7 Å². The first-order valence-electron chi connectivity index (χ1n) is 11.8. The van der Waals surface area contributed by atoms with Crippen molar-refractivity contribution in [2.75, 3.05) is 18.1 Å². The Hall–Kier alpha value is -4.06. The molecule has 4 rings (SSSR count). The molecule has 2 heterocycles. The van der Waals surface area contributed by atoms with Gasteiger partial charge in [-0.25, -0.2) is 4.79 Å². The highest BCUT2D eigenvalue weighted by atomic mass is 16.5. The molecule has 1 aromatic heterocycles. The van der Waals surface area contributed by atoms with E-state index >= 15 is 0 Å². The average molecular weight is 471 g/mol. The van der Waals surface area contributed by atoms with Gasteiger partial charge in [-0.1, -0.05) is 18.2 Å². The van der Waals surface area contributed by atoms with E-state index in [4.69, 9.17) is 9.47 Å². The number of ether oxygens (including phenoxy) is 2. The molecular weight excluding hydrogens is 440 g/mol. The molecule has 1 aliphatic rings. The van der Waals surface area contributed by atoms with Crippen LogP contribution in [0.4, 0.5) is 5.69 Å². The molecule has 1 aliphatic heterocycles. The summed E-state index contributed by atoms with van der Waals surface area (Å²) in [5, 5.41) is 0. The number of carbonyl (C=O) groups excluding carboxylic acids is 2. The predicted octanol–water partition coefficient (Wildman–Crippen LogP) is 5.76. The van der Waals surface area contributed by atoms with Crippen molar-refractivity contribution in [3.05, 3.63) is 94.5 Å². The molecule has 1 amide bonds. The van der Waals surface area contributed by atoms with Gasteiger partial charge in [0.25, 0.3) is 5.91 Å². The van der Waals surface area contributed by atoms with Gasteiger partial charge in [-0.15, -0.1) is 0 Å². The molecule has 0 aliphatic carbocycles. The molecule has 35 heavy (non-hydrogen) atoms. The Bertz CT molecular complexity index is 1310. The van der Waals surface area contributed by atoms with Crippen molar-refractivity contribution in [3.8, 4) is 11.4 Å². The summed E-state index contributed by atoms with van der Waals surface area (Å²) in [6.07, 6.45) is 1.80. The fourth-order valence-corrected chi connectivity index (χ4v) is 4.51. The third-order valence-corrected chi connectivity index (χ3v) is 6.07. The van der Waals surface area contributed by atoms with Gasteiger partial charge in [0.15, 0.2) is 0 Å². The van der Waals surface area contributed by atoms with Gasteiger partial charge in [0.2, 0.25) is 0 Å². The standard InChI is InChI=1S/C29H30N2O4/c1-6-34-25-15-13-24(14-16-25)31-21(5)27(29(33)35-7-2)26(28(31)32)18-22-17-19(3)30(20(22)4)23-11-9-8-10-12-23/h8-18H,6-7H2,1-5H3. The van der Waals surface area contributed by atoms with Crippen LogP contribution in [0.1, 0.15) is 37.7 Å². The monoisotopic (exact) mass is 470 g/mol. The highest BCUT2D eigenvalue weighted by molar-refractivity contribution is 6.23. The summed E-state index contributed by atoms with van der Waals surface area (Å²) in [4.78, 5) is 28.2. The zero-order valence-corrected chi connectivity index (χ0v) is 20.8. The first kappa shape index (κ1) is 24.1. The largest absolute Gasteiger partial charge is 0.494 e. The van der Waals surface area contributed by atoms with E-state index in [2.05, 4.69) is 4.57 Å². The molecule has 2 aromatic carbocycles. The number of anilines is 1. The van der Waals surface area contributed by atoms with Crippen LogP contribution in [0.25, 0.3) is 11.8 Å². The molecule has 0 saturated heterocycles. The molecular formula is C29H30N2O4. The Morgan fingerprint density at radius 1 is 0.914 bits per heavy atom. The first-order chi connectivity index (χ1) is 16.9. The molecule has 0 radical (unpaired) electrons. The molecule has 0 unspecified atom stereocenters. The fraction of sp³-hybridized carbons (Fsp3) is 0.241. The van der Waals surface area contributed by atoms with E-state index in [9.17, 15) is 9.59 Å². The summed E-state index contributed by atoms with van der Waals surface area (Å²) in [6.45, 7) is 10.3. The zero-order valence-electron chi connectivity index (χ0n) is 20.8. The lowest BCUT2D eigenvalue weighted by Gasteiger charge is -2.18. The van der Waals surface area contributed by atoms with E-state index in [1.54, 1.807) is 24.8 Å². The summed E-state index contributed by atoms with van der Waals surface area (Å²) in [6, 6.07) is 19.3. The van der Waals surface area contributed by atoms with Crippen molar-refractivity contribution < 1.29 is 19.1 Å². The molecule has 0 bridgehead atoms. The summed E-state index contributed by atoms with van der Waals surface area (Å²) >= 11 is 0. The van der Waals surface area contributed by atoms with Crippen molar-refractivity contribution in [2.24, 2.45) is 0 Å². The van der Waals surface area contributed by atoms with E-state index in [-0.39, 0.29) is 18.1 Å². The number of hydrogen-bond acceptors (Lipinski definition) is 4. The Kier molecular flexibility index (Phi) is 6.92.